The number of amides is 1. The van der Waals surface area contributed by atoms with Gasteiger partial charge in [-0.15, -0.1) is 0 Å². The molecule has 0 aliphatic carbocycles. The quantitative estimate of drug-likeness (QED) is 0.756. The average Bonchev–Trinajstić information content (AvgIpc) is 2.73. The van der Waals surface area contributed by atoms with Crippen molar-refractivity contribution >= 4 is 5.91 Å². The van der Waals surface area contributed by atoms with Gasteiger partial charge in [-0.25, -0.2) is 0 Å². The second kappa shape index (κ2) is 7.59. The van der Waals surface area contributed by atoms with Gasteiger partial charge in [-0.1, -0.05) is 0 Å². The average molecular weight is 295 g/mol. The van der Waals surface area contributed by atoms with E-state index in [1.54, 1.807) is 0 Å². The summed E-state index contributed by atoms with van der Waals surface area (Å²) in [7, 11) is 0. The van der Waals surface area contributed by atoms with Gasteiger partial charge in [-0.3, -0.25) is 9.69 Å². The summed E-state index contributed by atoms with van der Waals surface area (Å²) in [5, 5.41) is 6.76. The Kier molecular flexibility index (Phi) is 6.06. The lowest BCUT2D eigenvalue weighted by Crippen LogP contribution is -2.43. The van der Waals surface area contributed by atoms with Crippen molar-refractivity contribution in [1.82, 2.24) is 15.5 Å². The molecule has 4 heteroatoms. The number of nitrogens with one attached hydrogen (secondary N) is 2. The third kappa shape index (κ3) is 4.96. The molecular weight excluding hydrogens is 262 g/mol. The fraction of sp³-hybridized carbons (Fsp3) is 0.941. The molecule has 2 aliphatic heterocycles. The maximum atomic E-state index is 12.1. The van der Waals surface area contributed by atoms with Crippen LogP contribution in [0.25, 0.3) is 0 Å². The van der Waals surface area contributed by atoms with Crippen LogP contribution in [0.5, 0.6) is 0 Å². The minimum Gasteiger partial charge on any atom is -0.355 e. The molecule has 0 radical (unpaired) electrons. The van der Waals surface area contributed by atoms with E-state index in [4.69, 9.17) is 0 Å². The van der Waals surface area contributed by atoms with Crippen molar-refractivity contribution in [3.8, 4) is 0 Å². The molecule has 2 unspecified atom stereocenters. The van der Waals surface area contributed by atoms with Gasteiger partial charge in [0.2, 0.25) is 5.91 Å². The maximum Gasteiger partial charge on any atom is 0.220 e. The van der Waals surface area contributed by atoms with E-state index in [-0.39, 0.29) is 5.91 Å². The van der Waals surface area contributed by atoms with Gasteiger partial charge in [0.25, 0.3) is 0 Å². The highest BCUT2D eigenvalue weighted by molar-refractivity contribution is 5.76. The number of rotatable bonds is 7. The molecule has 2 heterocycles. The summed E-state index contributed by atoms with van der Waals surface area (Å²) in [5.41, 5.74) is 0. The smallest absolute Gasteiger partial charge is 0.220 e. The molecule has 0 aromatic rings. The molecule has 0 aromatic heterocycles. The topological polar surface area (TPSA) is 44.4 Å². The van der Waals surface area contributed by atoms with E-state index < -0.39 is 0 Å². The van der Waals surface area contributed by atoms with Crippen LogP contribution in [0.2, 0.25) is 0 Å². The number of nitrogens with zero attached hydrogens (tertiary/aromatic N) is 1. The van der Waals surface area contributed by atoms with Gasteiger partial charge in [-0.05, 0) is 59.3 Å². The molecule has 122 valence electrons. The van der Waals surface area contributed by atoms with Gasteiger partial charge in [-0.2, -0.15) is 0 Å². The first-order chi connectivity index (χ1) is 9.95. The lowest BCUT2D eigenvalue weighted by molar-refractivity contribution is -0.122. The number of carbonyl (C=O) groups is 1. The zero-order chi connectivity index (χ0) is 15.4. The Labute approximate surface area is 130 Å². The minimum atomic E-state index is 0.244. The van der Waals surface area contributed by atoms with Crippen LogP contribution >= 0.6 is 0 Å². The molecule has 21 heavy (non-hydrogen) atoms. The van der Waals surface area contributed by atoms with Crippen molar-refractivity contribution in [3.63, 3.8) is 0 Å². The summed E-state index contributed by atoms with van der Waals surface area (Å²) < 4.78 is 0. The summed E-state index contributed by atoms with van der Waals surface area (Å²) in [4.78, 5) is 14.5. The third-order valence-electron chi connectivity index (χ3n) is 5.06. The molecule has 2 fully saturated rings. The van der Waals surface area contributed by atoms with Crippen molar-refractivity contribution in [2.45, 2.75) is 84.0 Å². The van der Waals surface area contributed by atoms with Crippen LogP contribution in [-0.4, -0.2) is 48.1 Å². The normalized spacial score (nSPS) is 28.6. The highest BCUT2D eigenvalue weighted by atomic mass is 16.1. The Hall–Kier alpha value is -0.610. The Morgan fingerprint density at radius 2 is 1.71 bits per heavy atom. The molecule has 2 atom stereocenters. The molecule has 2 saturated heterocycles. The fourth-order valence-electron chi connectivity index (χ4n) is 4.11. The molecule has 1 amide bonds. The summed E-state index contributed by atoms with van der Waals surface area (Å²) in [6.45, 7) is 10.6. The number of hydrogen-bond donors (Lipinski definition) is 2. The molecule has 2 aliphatic rings. The second-order valence-electron chi connectivity index (χ2n) is 7.45. The summed E-state index contributed by atoms with van der Waals surface area (Å²) in [5.74, 6) is 0.837. The van der Waals surface area contributed by atoms with Crippen LogP contribution in [0.1, 0.15) is 59.8 Å². The molecule has 0 aromatic carbocycles. The molecule has 2 N–H and O–H groups in total. The molecule has 2 bridgehead atoms. The lowest BCUT2D eigenvalue weighted by Gasteiger charge is -2.31. The second-order valence-corrected chi connectivity index (χ2v) is 7.45. The van der Waals surface area contributed by atoms with Crippen LogP contribution in [0.15, 0.2) is 0 Å². The van der Waals surface area contributed by atoms with E-state index in [1.165, 1.54) is 25.7 Å². The largest absolute Gasteiger partial charge is 0.355 e. The highest BCUT2D eigenvalue weighted by Gasteiger charge is 2.34. The van der Waals surface area contributed by atoms with Crippen LogP contribution in [0.4, 0.5) is 0 Å². The summed E-state index contributed by atoms with van der Waals surface area (Å²) >= 11 is 0. The van der Waals surface area contributed by atoms with Crippen LogP contribution < -0.4 is 10.6 Å². The molecule has 4 nitrogen and oxygen atoms in total. The van der Waals surface area contributed by atoms with Gasteiger partial charge in [0.1, 0.15) is 0 Å². The van der Waals surface area contributed by atoms with E-state index in [0.717, 1.165) is 19.5 Å². The van der Waals surface area contributed by atoms with Gasteiger partial charge in [0, 0.05) is 43.7 Å². The number of carbonyl (C=O) groups excluding carboxylic acids is 1. The van der Waals surface area contributed by atoms with Crippen LogP contribution in [-0.2, 0) is 4.79 Å². The summed E-state index contributed by atoms with van der Waals surface area (Å²) in [6, 6.07) is 2.42. The minimum absolute atomic E-state index is 0.244. The summed E-state index contributed by atoms with van der Waals surface area (Å²) in [6.07, 6.45) is 5.71. The Balaban J connectivity index is 1.65. The number of fused-ring (bicyclic) bond motifs is 2. The first-order valence-corrected chi connectivity index (χ1v) is 8.74. The lowest BCUT2D eigenvalue weighted by atomic mass is 9.89. The van der Waals surface area contributed by atoms with Crippen molar-refractivity contribution in [1.29, 1.82) is 0 Å². The molecule has 0 saturated carbocycles. The molecule has 0 spiro atoms. The third-order valence-corrected chi connectivity index (χ3v) is 5.06. The Bertz CT molecular complexity index is 323. The Morgan fingerprint density at radius 3 is 2.24 bits per heavy atom. The zero-order valence-electron chi connectivity index (χ0n) is 14.2. The van der Waals surface area contributed by atoms with E-state index >= 15 is 0 Å². The van der Waals surface area contributed by atoms with E-state index in [1.807, 2.05) is 0 Å². The van der Waals surface area contributed by atoms with Crippen LogP contribution in [0, 0.1) is 5.92 Å². The van der Waals surface area contributed by atoms with Crippen molar-refractivity contribution in [3.05, 3.63) is 0 Å². The highest BCUT2D eigenvalue weighted by Crippen LogP contribution is 2.32. The van der Waals surface area contributed by atoms with Crippen molar-refractivity contribution < 1.29 is 4.79 Å². The van der Waals surface area contributed by atoms with Gasteiger partial charge >= 0.3 is 0 Å². The van der Waals surface area contributed by atoms with Crippen molar-refractivity contribution in [2.75, 3.05) is 13.1 Å². The molecule has 2 rings (SSSR count). The van der Waals surface area contributed by atoms with Gasteiger partial charge < -0.3 is 10.6 Å². The van der Waals surface area contributed by atoms with Crippen molar-refractivity contribution in [2.24, 2.45) is 5.92 Å². The van der Waals surface area contributed by atoms with E-state index in [0.29, 0.717) is 30.1 Å². The van der Waals surface area contributed by atoms with Gasteiger partial charge in [0.15, 0.2) is 0 Å². The SMILES string of the molecule is CC(C)N(CCNC(=O)CC1CC2CCC(C1)N2)C(C)C. The monoisotopic (exact) mass is 295 g/mol. The zero-order valence-corrected chi connectivity index (χ0v) is 14.2. The predicted molar refractivity (Wildman–Crippen MR) is 87.3 cm³/mol. The van der Waals surface area contributed by atoms with Gasteiger partial charge in [0.05, 0.1) is 0 Å². The standard InChI is InChI=1S/C17H33N3O/c1-12(2)20(13(3)4)8-7-18-17(21)11-14-9-15-5-6-16(10-14)19-15/h12-16,19H,5-11H2,1-4H3,(H,18,21). The fourth-order valence-corrected chi connectivity index (χ4v) is 4.11. The first-order valence-electron chi connectivity index (χ1n) is 8.74. The van der Waals surface area contributed by atoms with E-state index in [9.17, 15) is 4.79 Å². The first kappa shape index (κ1) is 16.8. The number of hydrogen-bond acceptors (Lipinski definition) is 3. The maximum absolute atomic E-state index is 12.1. The van der Waals surface area contributed by atoms with Crippen LogP contribution in [0.3, 0.4) is 0 Å². The molecular formula is C17H33N3O. The number of piperidine rings is 1. The predicted octanol–water partition coefficient (Wildman–Crippen LogP) is 2.14. The van der Waals surface area contributed by atoms with E-state index in [2.05, 4.69) is 43.2 Å². The Morgan fingerprint density at radius 1 is 1.14 bits per heavy atom.